The quantitative estimate of drug-likeness (QED) is 0.699. The molecule has 6 heteroatoms. The van der Waals surface area contributed by atoms with Gasteiger partial charge >= 0.3 is 0 Å². The summed E-state index contributed by atoms with van der Waals surface area (Å²) >= 11 is 0. The SMILES string of the molecule is Cc1nc(=O)c(-c2ccccc2)c(C)n1-c1ccc(OCC(=O)[O-])cc1. The lowest BCUT2D eigenvalue weighted by atomic mass is 10.1. The van der Waals surface area contributed by atoms with Crippen LogP contribution < -0.4 is 15.4 Å². The van der Waals surface area contributed by atoms with Gasteiger partial charge in [-0.3, -0.25) is 4.79 Å². The number of aryl methyl sites for hydroxylation is 1. The molecule has 0 amide bonds. The lowest BCUT2D eigenvalue weighted by Gasteiger charge is -2.17. The first-order valence-corrected chi connectivity index (χ1v) is 8.06. The summed E-state index contributed by atoms with van der Waals surface area (Å²) in [5, 5.41) is 10.5. The standard InChI is InChI=1S/C20H18N2O4/c1-13-19(15-6-4-3-5-7-15)20(25)21-14(2)22(13)16-8-10-17(11-9-16)26-12-18(23)24/h3-11H,12H2,1-2H3,(H,23,24)/p-1. The molecule has 0 fully saturated rings. The van der Waals surface area contributed by atoms with Crippen molar-refractivity contribution < 1.29 is 14.6 Å². The van der Waals surface area contributed by atoms with Gasteiger partial charge in [-0.1, -0.05) is 30.3 Å². The lowest BCUT2D eigenvalue weighted by Crippen LogP contribution is -2.28. The molecule has 2 aromatic carbocycles. The molecule has 1 heterocycles. The van der Waals surface area contributed by atoms with Crippen LogP contribution in [0.25, 0.3) is 16.8 Å². The zero-order chi connectivity index (χ0) is 18.7. The van der Waals surface area contributed by atoms with Crippen LogP contribution in [-0.4, -0.2) is 22.1 Å². The third kappa shape index (κ3) is 3.49. The molecule has 0 radical (unpaired) electrons. The van der Waals surface area contributed by atoms with Crippen LogP contribution in [0.15, 0.2) is 59.4 Å². The van der Waals surface area contributed by atoms with Crippen LogP contribution in [0.2, 0.25) is 0 Å². The Morgan fingerprint density at radius 1 is 1.08 bits per heavy atom. The molecule has 1 aromatic heterocycles. The Kier molecular flexibility index (Phi) is 4.84. The highest BCUT2D eigenvalue weighted by atomic mass is 16.5. The molecule has 0 atom stereocenters. The predicted molar refractivity (Wildman–Crippen MR) is 95.2 cm³/mol. The number of carboxylic acids is 1. The normalized spacial score (nSPS) is 10.5. The number of nitrogens with zero attached hydrogens (tertiary/aromatic N) is 2. The van der Waals surface area contributed by atoms with Crippen LogP contribution in [-0.2, 0) is 4.79 Å². The minimum atomic E-state index is -1.28. The summed E-state index contributed by atoms with van der Waals surface area (Å²) in [4.78, 5) is 27.1. The number of benzene rings is 2. The largest absolute Gasteiger partial charge is 0.546 e. The van der Waals surface area contributed by atoms with E-state index >= 15 is 0 Å². The number of hydrogen-bond donors (Lipinski definition) is 0. The van der Waals surface area contributed by atoms with Gasteiger partial charge in [0, 0.05) is 11.4 Å². The van der Waals surface area contributed by atoms with Crippen molar-refractivity contribution in [1.82, 2.24) is 9.55 Å². The van der Waals surface area contributed by atoms with Gasteiger partial charge in [-0.25, -0.2) is 0 Å². The number of ether oxygens (including phenoxy) is 1. The van der Waals surface area contributed by atoms with E-state index in [2.05, 4.69) is 4.98 Å². The maximum absolute atomic E-state index is 12.4. The molecular formula is C20H17N2O4-. The van der Waals surface area contributed by atoms with Crippen molar-refractivity contribution in [2.75, 3.05) is 6.61 Å². The van der Waals surface area contributed by atoms with E-state index in [1.54, 1.807) is 31.2 Å². The Labute approximate surface area is 150 Å². The number of carbonyl (C=O) groups is 1. The number of carbonyl (C=O) groups excluding carboxylic acids is 1. The summed E-state index contributed by atoms with van der Waals surface area (Å²) in [6, 6.07) is 16.3. The minimum Gasteiger partial charge on any atom is -0.546 e. The summed E-state index contributed by atoms with van der Waals surface area (Å²) in [7, 11) is 0. The molecule has 0 aliphatic rings. The van der Waals surface area contributed by atoms with Crippen LogP contribution in [0.4, 0.5) is 0 Å². The van der Waals surface area contributed by atoms with Crippen molar-refractivity contribution in [3.8, 4) is 22.6 Å². The highest BCUT2D eigenvalue weighted by Gasteiger charge is 2.14. The van der Waals surface area contributed by atoms with Crippen molar-refractivity contribution in [1.29, 1.82) is 0 Å². The maximum Gasteiger partial charge on any atom is 0.281 e. The molecule has 0 N–H and O–H groups in total. The predicted octanol–water partition coefficient (Wildman–Crippen LogP) is 1.65. The zero-order valence-electron chi connectivity index (χ0n) is 14.4. The summed E-state index contributed by atoms with van der Waals surface area (Å²) in [6.45, 7) is 3.14. The molecule has 0 bridgehead atoms. The smallest absolute Gasteiger partial charge is 0.281 e. The van der Waals surface area contributed by atoms with Crippen molar-refractivity contribution in [2.45, 2.75) is 13.8 Å². The molecule has 0 aliphatic carbocycles. The van der Waals surface area contributed by atoms with Crippen LogP contribution >= 0.6 is 0 Å². The molecule has 3 aromatic rings. The fraction of sp³-hybridized carbons (Fsp3) is 0.150. The Balaban J connectivity index is 2.05. The van der Waals surface area contributed by atoms with Crippen molar-refractivity contribution in [3.63, 3.8) is 0 Å². The Morgan fingerprint density at radius 3 is 2.35 bits per heavy atom. The van der Waals surface area contributed by atoms with Gasteiger partial charge in [0.05, 0.1) is 11.5 Å². The van der Waals surface area contributed by atoms with Gasteiger partial charge in [0.15, 0.2) is 0 Å². The Morgan fingerprint density at radius 2 is 1.73 bits per heavy atom. The van der Waals surface area contributed by atoms with E-state index in [9.17, 15) is 14.7 Å². The van der Waals surface area contributed by atoms with Gasteiger partial charge < -0.3 is 19.2 Å². The molecule has 132 valence electrons. The molecule has 3 rings (SSSR count). The van der Waals surface area contributed by atoms with E-state index < -0.39 is 12.6 Å². The topological polar surface area (TPSA) is 84.2 Å². The van der Waals surface area contributed by atoms with E-state index in [1.165, 1.54) is 0 Å². The Hall–Kier alpha value is -3.41. The summed E-state index contributed by atoms with van der Waals surface area (Å²) in [5.41, 5.74) is 2.66. The molecule has 0 saturated heterocycles. The first-order valence-electron chi connectivity index (χ1n) is 8.06. The average molecular weight is 349 g/mol. The lowest BCUT2D eigenvalue weighted by molar-refractivity contribution is -0.307. The summed E-state index contributed by atoms with van der Waals surface area (Å²) in [5.74, 6) is -0.293. The van der Waals surface area contributed by atoms with Crippen molar-refractivity contribution >= 4 is 5.97 Å². The van der Waals surface area contributed by atoms with Crippen molar-refractivity contribution in [3.05, 3.63) is 76.5 Å². The van der Waals surface area contributed by atoms with Crippen LogP contribution in [0.1, 0.15) is 11.5 Å². The minimum absolute atomic E-state index is 0.267. The highest BCUT2D eigenvalue weighted by molar-refractivity contribution is 5.66. The molecule has 0 saturated carbocycles. The number of aromatic nitrogens is 2. The van der Waals surface area contributed by atoms with Gasteiger partial charge in [0.25, 0.3) is 5.56 Å². The second-order valence-electron chi connectivity index (χ2n) is 5.78. The van der Waals surface area contributed by atoms with Gasteiger partial charge in [0.1, 0.15) is 18.2 Å². The van der Waals surface area contributed by atoms with Gasteiger partial charge in [-0.05, 0) is 43.7 Å². The van der Waals surface area contributed by atoms with Gasteiger partial charge in [-0.2, -0.15) is 4.98 Å². The second kappa shape index (κ2) is 7.23. The van der Waals surface area contributed by atoms with Gasteiger partial charge in [0.2, 0.25) is 0 Å². The fourth-order valence-corrected chi connectivity index (χ4v) is 2.91. The summed E-state index contributed by atoms with van der Waals surface area (Å²) in [6.07, 6.45) is 0. The highest BCUT2D eigenvalue weighted by Crippen LogP contribution is 2.23. The van der Waals surface area contributed by atoms with E-state index in [1.807, 2.05) is 41.8 Å². The number of carboxylic acid groups (broad SMARTS) is 1. The van der Waals surface area contributed by atoms with Crippen LogP contribution in [0, 0.1) is 13.8 Å². The number of rotatable bonds is 5. The monoisotopic (exact) mass is 349 g/mol. The first-order chi connectivity index (χ1) is 12.5. The van der Waals surface area contributed by atoms with Crippen LogP contribution in [0.5, 0.6) is 5.75 Å². The zero-order valence-corrected chi connectivity index (χ0v) is 14.4. The molecule has 0 unspecified atom stereocenters. The number of hydrogen-bond acceptors (Lipinski definition) is 5. The van der Waals surface area contributed by atoms with E-state index in [0.717, 1.165) is 16.9 Å². The third-order valence-corrected chi connectivity index (χ3v) is 4.01. The molecule has 0 aliphatic heterocycles. The molecule has 6 nitrogen and oxygen atoms in total. The van der Waals surface area contributed by atoms with Gasteiger partial charge in [-0.15, -0.1) is 0 Å². The fourth-order valence-electron chi connectivity index (χ4n) is 2.91. The molecular weight excluding hydrogens is 332 g/mol. The van der Waals surface area contributed by atoms with E-state index in [-0.39, 0.29) is 5.56 Å². The maximum atomic E-state index is 12.4. The molecule has 0 spiro atoms. The summed E-state index contributed by atoms with van der Waals surface area (Å²) < 4.78 is 6.98. The van der Waals surface area contributed by atoms with Crippen molar-refractivity contribution in [2.24, 2.45) is 0 Å². The first kappa shape index (κ1) is 17.4. The van der Waals surface area contributed by atoms with E-state index in [4.69, 9.17) is 4.74 Å². The second-order valence-corrected chi connectivity index (χ2v) is 5.78. The Bertz CT molecular complexity index is 993. The van der Waals surface area contributed by atoms with E-state index in [0.29, 0.717) is 17.1 Å². The molecule has 26 heavy (non-hydrogen) atoms. The average Bonchev–Trinajstić information content (AvgIpc) is 2.61. The van der Waals surface area contributed by atoms with Crippen LogP contribution in [0.3, 0.4) is 0 Å². The third-order valence-electron chi connectivity index (χ3n) is 4.01. The number of aliphatic carboxylic acids is 1.